The summed E-state index contributed by atoms with van der Waals surface area (Å²) in [5.74, 6) is 0.0948. The predicted molar refractivity (Wildman–Crippen MR) is 103 cm³/mol. The van der Waals surface area contributed by atoms with Crippen LogP contribution < -0.4 is 0 Å². The Kier molecular flexibility index (Phi) is 3.74. The fourth-order valence-corrected chi connectivity index (χ4v) is 4.16. The highest BCUT2D eigenvalue weighted by Gasteiger charge is 2.39. The highest BCUT2D eigenvalue weighted by atomic mass is 16.2. The van der Waals surface area contributed by atoms with Crippen LogP contribution >= 0.6 is 0 Å². The quantitative estimate of drug-likeness (QED) is 0.765. The van der Waals surface area contributed by atoms with Crippen LogP contribution in [0.5, 0.6) is 0 Å². The largest absolute Gasteiger partial charge is 0.360 e. The minimum absolute atomic E-state index is 0.000454. The molecule has 0 spiro atoms. The first-order valence-electron chi connectivity index (χ1n) is 9.41. The maximum atomic E-state index is 12.8. The van der Waals surface area contributed by atoms with Gasteiger partial charge in [-0.3, -0.25) is 9.59 Å². The lowest BCUT2D eigenvalue weighted by Gasteiger charge is -2.41. The number of H-pyrrole nitrogens is 1. The zero-order chi connectivity index (χ0) is 18.4. The second-order valence-corrected chi connectivity index (χ2v) is 7.43. The van der Waals surface area contributed by atoms with Gasteiger partial charge in [-0.15, -0.1) is 0 Å². The van der Waals surface area contributed by atoms with Crippen molar-refractivity contribution >= 4 is 22.7 Å². The summed E-state index contributed by atoms with van der Waals surface area (Å²) in [7, 11) is 0. The van der Waals surface area contributed by atoms with E-state index in [1.807, 2.05) is 35.2 Å². The molecule has 5 nitrogen and oxygen atoms in total. The van der Waals surface area contributed by atoms with Crippen LogP contribution in [0.3, 0.4) is 0 Å². The third kappa shape index (κ3) is 2.70. The van der Waals surface area contributed by atoms with Crippen LogP contribution in [-0.2, 0) is 17.8 Å². The third-order valence-electron chi connectivity index (χ3n) is 5.78. The molecule has 0 radical (unpaired) electrons. The fourth-order valence-electron chi connectivity index (χ4n) is 4.16. The molecule has 2 aliphatic heterocycles. The van der Waals surface area contributed by atoms with E-state index in [9.17, 15) is 9.59 Å². The Morgan fingerprint density at radius 3 is 2.52 bits per heavy atom. The van der Waals surface area contributed by atoms with Crippen molar-refractivity contribution in [3.63, 3.8) is 0 Å². The van der Waals surface area contributed by atoms with Crippen molar-refractivity contribution in [1.82, 2.24) is 14.8 Å². The number of carbonyl (C=O) groups excluding carboxylic acids is 2. The molecule has 5 heteroatoms. The number of fused-ring (bicyclic) bond motifs is 2. The Bertz CT molecular complexity index is 1030. The highest BCUT2D eigenvalue weighted by Crippen LogP contribution is 2.27. The minimum atomic E-state index is -0.0792. The molecule has 0 aliphatic carbocycles. The average molecular weight is 359 g/mol. The number of nitrogens with one attached hydrogen (secondary N) is 1. The molecule has 2 aromatic carbocycles. The number of hydrogen-bond donors (Lipinski definition) is 1. The summed E-state index contributed by atoms with van der Waals surface area (Å²) in [5.41, 5.74) is 4.22. The second-order valence-electron chi connectivity index (χ2n) is 7.43. The molecule has 1 saturated heterocycles. The summed E-state index contributed by atoms with van der Waals surface area (Å²) in [5, 5.41) is 0.935. The van der Waals surface area contributed by atoms with E-state index in [2.05, 4.69) is 23.2 Å². The molecule has 1 N–H and O–H groups in total. The number of nitrogens with zero attached hydrogens (tertiary/aromatic N) is 2. The van der Waals surface area contributed by atoms with Gasteiger partial charge in [-0.1, -0.05) is 42.5 Å². The molecule has 2 aliphatic rings. The van der Waals surface area contributed by atoms with E-state index in [-0.39, 0.29) is 17.7 Å². The summed E-state index contributed by atoms with van der Waals surface area (Å²) in [6, 6.07) is 16.1. The van der Waals surface area contributed by atoms with E-state index in [1.165, 1.54) is 11.1 Å². The van der Waals surface area contributed by atoms with Crippen molar-refractivity contribution in [2.45, 2.75) is 13.0 Å². The molecule has 3 heterocycles. The van der Waals surface area contributed by atoms with Gasteiger partial charge in [-0.2, -0.15) is 0 Å². The number of aromatic nitrogens is 1. The molecular formula is C22H21N3O2. The van der Waals surface area contributed by atoms with Gasteiger partial charge in [0.15, 0.2) is 0 Å². The van der Waals surface area contributed by atoms with Gasteiger partial charge in [0.1, 0.15) is 0 Å². The molecule has 136 valence electrons. The first kappa shape index (κ1) is 16.1. The van der Waals surface area contributed by atoms with Crippen LogP contribution in [0.15, 0.2) is 54.7 Å². The van der Waals surface area contributed by atoms with Gasteiger partial charge in [0.05, 0.1) is 11.5 Å². The van der Waals surface area contributed by atoms with Crippen LogP contribution in [0, 0.1) is 5.92 Å². The van der Waals surface area contributed by atoms with Crippen molar-refractivity contribution in [3.8, 4) is 0 Å². The van der Waals surface area contributed by atoms with E-state index < -0.39 is 0 Å². The molecule has 5 rings (SSSR count). The van der Waals surface area contributed by atoms with Gasteiger partial charge in [0.25, 0.3) is 5.91 Å². The van der Waals surface area contributed by atoms with E-state index >= 15 is 0 Å². The fraction of sp³-hybridized carbons (Fsp3) is 0.273. The van der Waals surface area contributed by atoms with Gasteiger partial charge < -0.3 is 14.8 Å². The average Bonchev–Trinajstić information content (AvgIpc) is 3.10. The van der Waals surface area contributed by atoms with Gasteiger partial charge in [0, 0.05) is 43.3 Å². The summed E-state index contributed by atoms with van der Waals surface area (Å²) in [4.78, 5) is 32.5. The molecule has 0 atom stereocenters. The number of aromatic amines is 1. The van der Waals surface area contributed by atoms with Gasteiger partial charge in [0.2, 0.25) is 5.91 Å². The van der Waals surface area contributed by atoms with Crippen LogP contribution in [0.4, 0.5) is 0 Å². The van der Waals surface area contributed by atoms with Crippen molar-refractivity contribution in [2.24, 2.45) is 5.92 Å². The Hall–Kier alpha value is -3.08. The first-order chi connectivity index (χ1) is 13.2. The van der Waals surface area contributed by atoms with Gasteiger partial charge in [-0.05, 0) is 23.6 Å². The lowest BCUT2D eigenvalue weighted by molar-refractivity contribution is -0.140. The Balaban J connectivity index is 1.24. The second kappa shape index (κ2) is 6.27. The predicted octanol–water partition coefficient (Wildman–Crippen LogP) is 2.82. The topological polar surface area (TPSA) is 56.4 Å². The first-order valence-corrected chi connectivity index (χ1v) is 9.41. The molecule has 0 unspecified atom stereocenters. The summed E-state index contributed by atoms with van der Waals surface area (Å²) < 4.78 is 0. The van der Waals surface area contributed by atoms with Crippen LogP contribution in [0.1, 0.15) is 21.5 Å². The van der Waals surface area contributed by atoms with Crippen LogP contribution in [0.2, 0.25) is 0 Å². The summed E-state index contributed by atoms with van der Waals surface area (Å²) >= 11 is 0. The lowest BCUT2D eigenvalue weighted by Crippen LogP contribution is -2.56. The van der Waals surface area contributed by atoms with Crippen molar-refractivity contribution < 1.29 is 9.59 Å². The lowest BCUT2D eigenvalue weighted by atomic mass is 9.94. The Labute approximate surface area is 157 Å². The van der Waals surface area contributed by atoms with E-state index in [0.717, 1.165) is 23.9 Å². The third-order valence-corrected chi connectivity index (χ3v) is 5.78. The summed E-state index contributed by atoms with van der Waals surface area (Å²) in [6.07, 6.45) is 2.68. The number of para-hydroxylation sites is 1. The zero-order valence-electron chi connectivity index (χ0n) is 15.0. The molecule has 2 amide bonds. The maximum Gasteiger partial charge on any atom is 0.256 e. The highest BCUT2D eigenvalue weighted by molar-refractivity contribution is 6.07. The number of benzene rings is 2. The standard InChI is InChI=1S/C22H21N3O2/c26-21(24-10-9-15-5-1-2-6-16(15)12-24)17-13-25(14-17)22(27)19-11-23-20-8-4-3-7-18(19)20/h1-8,11,17,23H,9-10,12-14H2. The molecular weight excluding hydrogens is 338 g/mol. The molecule has 3 aromatic rings. The molecule has 0 bridgehead atoms. The van der Waals surface area contributed by atoms with Crippen LogP contribution in [0.25, 0.3) is 10.9 Å². The monoisotopic (exact) mass is 359 g/mol. The zero-order valence-corrected chi connectivity index (χ0v) is 15.0. The van der Waals surface area contributed by atoms with Gasteiger partial charge >= 0.3 is 0 Å². The number of rotatable bonds is 2. The van der Waals surface area contributed by atoms with E-state index in [1.54, 1.807) is 11.1 Å². The number of amides is 2. The molecule has 1 fully saturated rings. The molecule has 27 heavy (non-hydrogen) atoms. The number of hydrogen-bond acceptors (Lipinski definition) is 2. The number of carbonyl (C=O) groups is 2. The van der Waals surface area contributed by atoms with Crippen molar-refractivity contribution in [3.05, 3.63) is 71.4 Å². The van der Waals surface area contributed by atoms with E-state index in [4.69, 9.17) is 0 Å². The maximum absolute atomic E-state index is 12.8. The summed E-state index contributed by atoms with van der Waals surface area (Å²) in [6.45, 7) is 2.47. The van der Waals surface area contributed by atoms with Gasteiger partial charge in [-0.25, -0.2) is 0 Å². The van der Waals surface area contributed by atoms with Crippen molar-refractivity contribution in [2.75, 3.05) is 19.6 Å². The SMILES string of the molecule is O=C(c1c[nH]c2ccccc12)N1CC(C(=O)N2CCc3ccccc3C2)C1. The van der Waals surface area contributed by atoms with E-state index in [0.29, 0.717) is 25.2 Å². The smallest absolute Gasteiger partial charge is 0.256 e. The van der Waals surface area contributed by atoms with Crippen LogP contribution in [-0.4, -0.2) is 46.2 Å². The normalized spacial score (nSPS) is 16.9. The van der Waals surface area contributed by atoms with Crippen molar-refractivity contribution in [1.29, 1.82) is 0 Å². The minimum Gasteiger partial charge on any atom is -0.360 e. The number of likely N-dealkylation sites (tertiary alicyclic amines) is 1. The molecule has 1 aromatic heterocycles. The Morgan fingerprint density at radius 2 is 1.67 bits per heavy atom. The Morgan fingerprint density at radius 1 is 0.926 bits per heavy atom. The molecule has 0 saturated carbocycles.